The molecule has 2 saturated heterocycles. The van der Waals surface area contributed by atoms with Gasteiger partial charge in [0.15, 0.2) is 0 Å². The number of rotatable bonds is 3. The lowest BCUT2D eigenvalue weighted by molar-refractivity contribution is -0.141. The molecule has 0 saturated carbocycles. The number of morpholine rings is 1. The van der Waals surface area contributed by atoms with Gasteiger partial charge in [0, 0.05) is 25.7 Å². The molecule has 22 heavy (non-hydrogen) atoms. The van der Waals surface area contributed by atoms with Crippen LogP contribution in [0.5, 0.6) is 0 Å². The molecular formula is C18H26N2O2. The Kier molecular flexibility index (Phi) is 5.11. The summed E-state index contributed by atoms with van der Waals surface area (Å²) in [7, 11) is 0. The maximum Gasteiger partial charge on any atom is 0.227 e. The number of likely N-dealkylation sites (tertiary alicyclic amines) is 1. The summed E-state index contributed by atoms with van der Waals surface area (Å²) < 4.78 is 5.35. The summed E-state index contributed by atoms with van der Waals surface area (Å²) in [6, 6.07) is 11.0. The number of hydrogen-bond acceptors (Lipinski definition) is 3. The number of carbonyl (C=O) groups excluding carboxylic acids is 1. The number of ether oxygens (including phenoxy) is 1. The minimum absolute atomic E-state index is 0.151. The average Bonchev–Trinajstić information content (AvgIpc) is 2.62. The average molecular weight is 302 g/mol. The summed E-state index contributed by atoms with van der Waals surface area (Å²) in [6.07, 6.45) is 2.13. The largest absolute Gasteiger partial charge is 0.378 e. The molecule has 0 bridgehead atoms. The molecule has 1 aromatic rings. The predicted octanol–water partition coefficient (Wildman–Crippen LogP) is 2.32. The van der Waals surface area contributed by atoms with Crippen LogP contribution in [0.25, 0.3) is 0 Å². The maximum absolute atomic E-state index is 12.7. The molecule has 0 spiro atoms. The fraction of sp³-hybridized carbons (Fsp3) is 0.611. The van der Waals surface area contributed by atoms with Gasteiger partial charge >= 0.3 is 0 Å². The van der Waals surface area contributed by atoms with E-state index in [0.717, 1.165) is 39.0 Å². The topological polar surface area (TPSA) is 32.8 Å². The third kappa shape index (κ3) is 3.50. The molecule has 1 aromatic carbocycles. The smallest absolute Gasteiger partial charge is 0.227 e. The molecule has 0 radical (unpaired) electrons. The van der Waals surface area contributed by atoms with Crippen molar-refractivity contribution < 1.29 is 9.53 Å². The maximum atomic E-state index is 12.7. The van der Waals surface area contributed by atoms with Crippen LogP contribution in [0.3, 0.4) is 0 Å². The van der Waals surface area contributed by atoms with Gasteiger partial charge in [0.25, 0.3) is 0 Å². The zero-order chi connectivity index (χ0) is 15.4. The van der Waals surface area contributed by atoms with Gasteiger partial charge in [-0.25, -0.2) is 0 Å². The summed E-state index contributed by atoms with van der Waals surface area (Å²) in [5.74, 6) is 0.478. The molecule has 1 amide bonds. The quantitative estimate of drug-likeness (QED) is 0.859. The Hall–Kier alpha value is -1.39. The van der Waals surface area contributed by atoms with Gasteiger partial charge < -0.3 is 9.64 Å². The lowest BCUT2D eigenvalue weighted by Gasteiger charge is -2.39. The lowest BCUT2D eigenvalue weighted by Crippen LogP contribution is -2.48. The van der Waals surface area contributed by atoms with Crippen LogP contribution in [-0.4, -0.2) is 55.1 Å². The summed E-state index contributed by atoms with van der Waals surface area (Å²) >= 11 is 0. The minimum atomic E-state index is 0.151. The molecule has 2 heterocycles. The summed E-state index contributed by atoms with van der Waals surface area (Å²) in [5.41, 5.74) is 1.34. The van der Waals surface area contributed by atoms with Gasteiger partial charge in [-0.1, -0.05) is 30.3 Å². The monoisotopic (exact) mass is 302 g/mol. The van der Waals surface area contributed by atoms with Crippen molar-refractivity contribution in [3.8, 4) is 0 Å². The lowest BCUT2D eigenvalue weighted by atomic mass is 9.94. The summed E-state index contributed by atoms with van der Waals surface area (Å²) in [4.78, 5) is 17.2. The van der Waals surface area contributed by atoms with Gasteiger partial charge in [0.05, 0.1) is 19.1 Å². The van der Waals surface area contributed by atoms with E-state index in [1.54, 1.807) is 0 Å². The molecule has 2 atom stereocenters. The summed E-state index contributed by atoms with van der Waals surface area (Å²) in [5, 5.41) is 0. The minimum Gasteiger partial charge on any atom is -0.378 e. The van der Waals surface area contributed by atoms with Gasteiger partial charge in [-0.15, -0.1) is 0 Å². The van der Waals surface area contributed by atoms with Crippen LogP contribution in [0.2, 0.25) is 0 Å². The first-order valence-electron chi connectivity index (χ1n) is 8.41. The molecule has 0 N–H and O–H groups in total. The number of nitrogens with zero attached hydrogens (tertiary/aromatic N) is 2. The molecule has 2 unspecified atom stereocenters. The molecule has 4 nitrogen and oxygen atoms in total. The van der Waals surface area contributed by atoms with Crippen molar-refractivity contribution in [3.63, 3.8) is 0 Å². The molecule has 2 aliphatic rings. The number of carbonyl (C=O) groups is 1. The molecule has 120 valence electrons. The first kappa shape index (κ1) is 15.5. The van der Waals surface area contributed by atoms with Crippen molar-refractivity contribution in [1.29, 1.82) is 0 Å². The predicted molar refractivity (Wildman–Crippen MR) is 86.6 cm³/mol. The second kappa shape index (κ2) is 7.25. The van der Waals surface area contributed by atoms with E-state index in [2.05, 4.69) is 42.2 Å². The van der Waals surface area contributed by atoms with Crippen LogP contribution in [0.15, 0.2) is 30.3 Å². The van der Waals surface area contributed by atoms with E-state index in [1.165, 1.54) is 5.56 Å². The van der Waals surface area contributed by atoms with Gasteiger partial charge in [-0.2, -0.15) is 0 Å². The zero-order valence-corrected chi connectivity index (χ0v) is 13.4. The Morgan fingerprint density at radius 1 is 1.18 bits per heavy atom. The third-order valence-electron chi connectivity index (χ3n) is 4.95. The van der Waals surface area contributed by atoms with E-state index in [4.69, 9.17) is 4.74 Å². The fourth-order valence-electron chi connectivity index (χ4n) is 3.54. The Labute approximate surface area is 133 Å². The van der Waals surface area contributed by atoms with Gasteiger partial charge in [0.2, 0.25) is 5.91 Å². The Morgan fingerprint density at radius 2 is 1.91 bits per heavy atom. The first-order chi connectivity index (χ1) is 10.8. The standard InChI is InChI=1S/C18H26N2O2/c1-15(16-6-3-2-4-7-16)20-9-5-8-17(14-20)18(21)19-10-12-22-13-11-19/h2-4,6-7,15,17H,5,8-14H2,1H3. The van der Waals surface area contributed by atoms with Crippen LogP contribution in [0.4, 0.5) is 0 Å². The third-order valence-corrected chi connectivity index (χ3v) is 4.95. The number of hydrogen-bond donors (Lipinski definition) is 0. The van der Waals surface area contributed by atoms with Gasteiger partial charge in [-0.3, -0.25) is 9.69 Å². The number of amides is 1. The second-order valence-electron chi connectivity index (χ2n) is 6.36. The zero-order valence-electron chi connectivity index (χ0n) is 13.4. The molecule has 0 aromatic heterocycles. The second-order valence-corrected chi connectivity index (χ2v) is 6.36. The SMILES string of the molecule is CC(c1ccccc1)N1CCCC(C(=O)N2CCOCC2)C1. The van der Waals surface area contributed by atoms with Crippen LogP contribution in [0.1, 0.15) is 31.4 Å². The molecule has 3 rings (SSSR count). The van der Waals surface area contributed by atoms with Crippen molar-refractivity contribution in [1.82, 2.24) is 9.80 Å². The fourth-order valence-corrected chi connectivity index (χ4v) is 3.54. The molecule has 2 fully saturated rings. The molecule has 0 aliphatic carbocycles. The number of benzene rings is 1. The Morgan fingerprint density at radius 3 is 2.64 bits per heavy atom. The van der Waals surface area contributed by atoms with Gasteiger partial charge in [-0.05, 0) is 31.9 Å². The number of piperidine rings is 1. The Balaban J connectivity index is 1.62. The Bertz CT molecular complexity index is 485. The normalized spacial score (nSPS) is 25.0. The van der Waals surface area contributed by atoms with Crippen LogP contribution in [0, 0.1) is 5.92 Å². The molecular weight excluding hydrogens is 276 g/mol. The van der Waals surface area contributed by atoms with E-state index in [-0.39, 0.29) is 5.92 Å². The van der Waals surface area contributed by atoms with Crippen molar-refractivity contribution in [2.24, 2.45) is 5.92 Å². The van der Waals surface area contributed by atoms with Crippen LogP contribution >= 0.6 is 0 Å². The van der Waals surface area contributed by atoms with Crippen LogP contribution < -0.4 is 0 Å². The van der Waals surface area contributed by atoms with Gasteiger partial charge in [0.1, 0.15) is 0 Å². The van der Waals surface area contributed by atoms with Crippen molar-refractivity contribution in [2.45, 2.75) is 25.8 Å². The van der Waals surface area contributed by atoms with Crippen molar-refractivity contribution in [3.05, 3.63) is 35.9 Å². The van der Waals surface area contributed by atoms with E-state index in [9.17, 15) is 4.79 Å². The highest BCUT2D eigenvalue weighted by Crippen LogP contribution is 2.27. The van der Waals surface area contributed by atoms with Crippen molar-refractivity contribution >= 4 is 5.91 Å². The summed E-state index contributed by atoms with van der Waals surface area (Å²) in [6.45, 7) is 7.09. The van der Waals surface area contributed by atoms with E-state index >= 15 is 0 Å². The molecule has 2 aliphatic heterocycles. The van der Waals surface area contributed by atoms with Crippen LogP contribution in [-0.2, 0) is 9.53 Å². The highest BCUT2D eigenvalue weighted by molar-refractivity contribution is 5.79. The van der Waals surface area contributed by atoms with Crippen molar-refractivity contribution in [2.75, 3.05) is 39.4 Å². The molecule has 4 heteroatoms. The highest BCUT2D eigenvalue weighted by atomic mass is 16.5. The highest BCUT2D eigenvalue weighted by Gasteiger charge is 2.31. The first-order valence-corrected chi connectivity index (χ1v) is 8.41. The van der Waals surface area contributed by atoms with E-state index in [1.807, 2.05) is 4.90 Å². The van der Waals surface area contributed by atoms with E-state index < -0.39 is 0 Å². The van der Waals surface area contributed by atoms with E-state index in [0.29, 0.717) is 25.2 Å².